The largest absolute Gasteiger partial charge is 0.398 e. The minimum absolute atomic E-state index is 0.328. The van der Waals surface area contributed by atoms with Gasteiger partial charge in [0.2, 0.25) is 0 Å². The van der Waals surface area contributed by atoms with Gasteiger partial charge in [0, 0.05) is 16.3 Å². The van der Waals surface area contributed by atoms with Gasteiger partial charge in [0.15, 0.2) is 5.82 Å². The highest BCUT2D eigenvalue weighted by molar-refractivity contribution is 6.31. The van der Waals surface area contributed by atoms with Gasteiger partial charge in [-0.15, -0.1) is 5.10 Å². The number of halogens is 1. The Kier molecular flexibility index (Phi) is 3.61. The fourth-order valence-corrected chi connectivity index (χ4v) is 3.40. The summed E-state index contributed by atoms with van der Waals surface area (Å²) >= 11 is 5.97. The zero-order chi connectivity index (χ0) is 15.0. The second kappa shape index (κ2) is 5.30. The van der Waals surface area contributed by atoms with Crippen molar-refractivity contribution in [3.05, 3.63) is 23.2 Å². The third-order valence-corrected chi connectivity index (χ3v) is 4.51. The molecule has 1 aliphatic carbocycles. The summed E-state index contributed by atoms with van der Waals surface area (Å²) in [6.45, 7) is 4.61. The van der Waals surface area contributed by atoms with Gasteiger partial charge in [-0.1, -0.05) is 31.9 Å². The first-order valence-electron chi connectivity index (χ1n) is 7.29. The number of hydrogen-bond acceptors (Lipinski definition) is 4. The molecule has 112 valence electrons. The molecule has 1 aromatic heterocycles. The fourth-order valence-electron chi connectivity index (χ4n) is 3.22. The van der Waals surface area contributed by atoms with Crippen molar-refractivity contribution in [2.75, 3.05) is 5.73 Å². The minimum Gasteiger partial charge on any atom is -0.398 e. The van der Waals surface area contributed by atoms with Crippen molar-refractivity contribution in [1.29, 1.82) is 0 Å². The second-order valence-electron chi connectivity index (χ2n) is 6.59. The molecule has 2 aromatic rings. The molecule has 3 rings (SSSR count). The van der Waals surface area contributed by atoms with Crippen LogP contribution >= 0.6 is 11.6 Å². The van der Waals surface area contributed by atoms with Crippen LogP contribution in [0.25, 0.3) is 11.4 Å². The Balaban J connectivity index is 1.97. The summed E-state index contributed by atoms with van der Waals surface area (Å²) in [4.78, 5) is 0. The zero-order valence-corrected chi connectivity index (χ0v) is 13.1. The highest BCUT2D eigenvalue weighted by Crippen LogP contribution is 2.42. The van der Waals surface area contributed by atoms with E-state index in [1.54, 1.807) is 6.07 Å². The third kappa shape index (κ3) is 2.88. The SMILES string of the molecule is CC1(C)CCCC(n2nnnc2-c2ccc(Cl)cc2N)C1. The lowest BCUT2D eigenvalue weighted by Gasteiger charge is -2.35. The summed E-state index contributed by atoms with van der Waals surface area (Å²) < 4.78 is 1.93. The predicted octanol–water partition coefficient (Wildman–Crippen LogP) is 3.72. The van der Waals surface area contributed by atoms with Gasteiger partial charge in [-0.05, 0) is 53.3 Å². The van der Waals surface area contributed by atoms with Crippen molar-refractivity contribution in [3.8, 4) is 11.4 Å². The van der Waals surface area contributed by atoms with Crippen LogP contribution in [0, 0.1) is 5.41 Å². The Morgan fingerprint density at radius 1 is 1.38 bits per heavy atom. The maximum Gasteiger partial charge on any atom is 0.184 e. The van der Waals surface area contributed by atoms with Crippen molar-refractivity contribution in [2.45, 2.75) is 45.6 Å². The summed E-state index contributed by atoms with van der Waals surface area (Å²) in [5.74, 6) is 0.729. The minimum atomic E-state index is 0.328. The molecular formula is C15H20ClN5. The quantitative estimate of drug-likeness (QED) is 0.859. The summed E-state index contributed by atoms with van der Waals surface area (Å²) in [5.41, 5.74) is 7.85. The molecule has 0 spiro atoms. The molecule has 0 bridgehead atoms. The smallest absolute Gasteiger partial charge is 0.184 e. The molecule has 1 unspecified atom stereocenters. The molecule has 1 heterocycles. The van der Waals surface area contributed by atoms with Crippen molar-refractivity contribution in [1.82, 2.24) is 20.2 Å². The lowest BCUT2D eigenvalue weighted by Crippen LogP contribution is -2.26. The molecule has 0 amide bonds. The first kappa shape index (κ1) is 14.3. The Hall–Kier alpha value is -1.62. The van der Waals surface area contributed by atoms with E-state index in [0.717, 1.165) is 24.2 Å². The van der Waals surface area contributed by atoms with Gasteiger partial charge in [0.05, 0.1) is 6.04 Å². The molecule has 1 fully saturated rings. The van der Waals surface area contributed by atoms with Gasteiger partial charge in [-0.2, -0.15) is 0 Å². The molecule has 0 radical (unpaired) electrons. The van der Waals surface area contributed by atoms with Crippen LogP contribution < -0.4 is 5.73 Å². The van der Waals surface area contributed by atoms with Crippen molar-refractivity contribution in [2.24, 2.45) is 5.41 Å². The molecule has 1 saturated carbocycles. The van der Waals surface area contributed by atoms with Gasteiger partial charge < -0.3 is 5.73 Å². The highest BCUT2D eigenvalue weighted by Gasteiger charge is 2.31. The second-order valence-corrected chi connectivity index (χ2v) is 7.03. The number of hydrogen-bond donors (Lipinski definition) is 1. The van der Waals surface area contributed by atoms with E-state index in [2.05, 4.69) is 29.4 Å². The predicted molar refractivity (Wildman–Crippen MR) is 84.0 cm³/mol. The normalized spacial score (nSPS) is 21.4. The summed E-state index contributed by atoms with van der Waals surface area (Å²) in [6.07, 6.45) is 4.64. The standard InChI is InChI=1S/C15H20ClN5/c1-15(2)7-3-4-11(9-15)21-14(18-19-20-21)12-6-5-10(16)8-13(12)17/h5-6,8,11H,3-4,7,9,17H2,1-2H3. The summed E-state index contributed by atoms with van der Waals surface area (Å²) in [5, 5.41) is 12.9. The molecule has 1 aliphatic rings. The lowest BCUT2D eigenvalue weighted by molar-refractivity contribution is 0.174. The van der Waals surface area contributed by atoms with E-state index >= 15 is 0 Å². The topological polar surface area (TPSA) is 69.6 Å². The van der Waals surface area contributed by atoms with E-state index in [9.17, 15) is 0 Å². The Labute approximate surface area is 129 Å². The molecule has 5 nitrogen and oxygen atoms in total. The van der Waals surface area contributed by atoms with E-state index in [4.69, 9.17) is 17.3 Å². The molecule has 2 N–H and O–H groups in total. The van der Waals surface area contributed by atoms with Crippen LogP contribution in [-0.2, 0) is 0 Å². The molecule has 0 aliphatic heterocycles. The Morgan fingerprint density at radius 2 is 2.19 bits per heavy atom. The van der Waals surface area contributed by atoms with E-state index in [0.29, 0.717) is 22.2 Å². The summed E-state index contributed by atoms with van der Waals surface area (Å²) in [7, 11) is 0. The van der Waals surface area contributed by atoms with Gasteiger partial charge in [-0.25, -0.2) is 4.68 Å². The molecule has 21 heavy (non-hydrogen) atoms. The number of anilines is 1. The first-order valence-corrected chi connectivity index (χ1v) is 7.67. The number of nitrogen functional groups attached to an aromatic ring is 1. The average molecular weight is 306 g/mol. The molecule has 0 saturated heterocycles. The Morgan fingerprint density at radius 3 is 2.90 bits per heavy atom. The van der Waals surface area contributed by atoms with Crippen LogP contribution in [0.3, 0.4) is 0 Å². The van der Waals surface area contributed by atoms with E-state index < -0.39 is 0 Å². The number of rotatable bonds is 2. The van der Waals surface area contributed by atoms with Crippen LogP contribution in [0.5, 0.6) is 0 Å². The number of nitrogens with two attached hydrogens (primary N) is 1. The van der Waals surface area contributed by atoms with E-state index in [1.165, 1.54) is 12.8 Å². The maximum atomic E-state index is 6.07. The maximum absolute atomic E-state index is 6.07. The number of tetrazole rings is 1. The van der Waals surface area contributed by atoms with Gasteiger partial charge in [0.25, 0.3) is 0 Å². The first-order chi connectivity index (χ1) is 9.96. The van der Waals surface area contributed by atoms with Crippen LogP contribution in [0.1, 0.15) is 45.6 Å². The lowest BCUT2D eigenvalue weighted by atomic mass is 9.75. The van der Waals surface area contributed by atoms with Crippen LogP contribution in [0.2, 0.25) is 5.02 Å². The van der Waals surface area contributed by atoms with Gasteiger partial charge >= 0.3 is 0 Å². The highest BCUT2D eigenvalue weighted by atomic mass is 35.5. The van der Waals surface area contributed by atoms with Gasteiger partial charge in [-0.3, -0.25) is 0 Å². The molecule has 6 heteroatoms. The Bertz CT molecular complexity index is 649. The molecule has 1 aromatic carbocycles. The van der Waals surface area contributed by atoms with Crippen LogP contribution in [0.4, 0.5) is 5.69 Å². The average Bonchev–Trinajstić information content (AvgIpc) is 2.86. The van der Waals surface area contributed by atoms with Crippen LogP contribution in [-0.4, -0.2) is 20.2 Å². The number of nitrogens with zero attached hydrogens (tertiary/aromatic N) is 4. The van der Waals surface area contributed by atoms with Crippen molar-refractivity contribution < 1.29 is 0 Å². The van der Waals surface area contributed by atoms with E-state index in [1.807, 2.05) is 16.8 Å². The fraction of sp³-hybridized carbons (Fsp3) is 0.533. The molecular weight excluding hydrogens is 286 g/mol. The number of benzene rings is 1. The van der Waals surface area contributed by atoms with Crippen LogP contribution in [0.15, 0.2) is 18.2 Å². The summed E-state index contributed by atoms with van der Waals surface area (Å²) in [6, 6.07) is 5.76. The third-order valence-electron chi connectivity index (χ3n) is 4.27. The van der Waals surface area contributed by atoms with Gasteiger partial charge in [0.1, 0.15) is 0 Å². The van der Waals surface area contributed by atoms with Crippen molar-refractivity contribution in [3.63, 3.8) is 0 Å². The molecule has 1 atom stereocenters. The number of aromatic nitrogens is 4. The van der Waals surface area contributed by atoms with E-state index in [-0.39, 0.29) is 0 Å². The van der Waals surface area contributed by atoms with Crippen molar-refractivity contribution >= 4 is 17.3 Å². The zero-order valence-electron chi connectivity index (χ0n) is 12.4. The monoisotopic (exact) mass is 305 g/mol.